The SMILES string of the molecule is C=CC=C.CCNC1CCCCC1=O. The van der Waals surface area contributed by atoms with E-state index in [9.17, 15) is 4.79 Å². The molecule has 1 aliphatic rings. The molecule has 0 aliphatic heterocycles. The average molecular weight is 195 g/mol. The van der Waals surface area contributed by atoms with Crippen LogP contribution in [0, 0.1) is 0 Å². The third kappa shape index (κ3) is 5.70. The quantitative estimate of drug-likeness (QED) is 0.701. The molecule has 1 fully saturated rings. The fraction of sp³-hybridized carbons (Fsp3) is 0.583. The Balaban J connectivity index is 0.000000364. The zero-order valence-electron chi connectivity index (χ0n) is 9.09. The molecule has 1 unspecified atom stereocenters. The number of rotatable bonds is 3. The van der Waals surface area contributed by atoms with E-state index in [4.69, 9.17) is 0 Å². The van der Waals surface area contributed by atoms with Gasteiger partial charge in [-0.05, 0) is 19.4 Å². The first-order chi connectivity index (χ1) is 6.76. The van der Waals surface area contributed by atoms with Gasteiger partial charge in [-0.3, -0.25) is 4.79 Å². The summed E-state index contributed by atoms with van der Waals surface area (Å²) in [4.78, 5) is 11.1. The van der Waals surface area contributed by atoms with Gasteiger partial charge in [0.2, 0.25) is 0 Å². The lowest BCUT2D eigenvalue weighted by Crippen LogP contribution is -2.38. The van der Waals surface area contributed by atoms with E-state index in [1.807, 2.05) is 6.92 Å². The van der Waals surface area contributed by atoms with Gasteiger partial charge < -0.3 is 5.32 Å². The maximum Gasteiger partial charge on any atom is 0.149 e. The zero-order chi connectivity index (χ0) is 10.8. The van der Waals surface area contributed by atoms with Crippen LogP contribution >= 0.6 is 0 Å². The molecular formula is C12H21NO. The maximum atomic E-state index is 11.1. The minimum absolute atomic E-state index is 0.179. The summed E-state index contributed by atoms with van der Waals surface area (Å²) in [6.45, 7) is 9.68. The number of carbonyl (C=O) groups excluding carboxylic acids is 1. The number of ketones is 1. The van der Waals surface area contributed by atoms with E-state index in [0.29, 0.717) is 5.78 Å². The predicted octanol–water partition coefficient (Wildman–Crippen LogP) is 2.47. The van der Waals surface area contributed by atoms with Crippen molar-refractivity contribution in [2.45, 2.75) is 38.6 Å². The van der Waals surface area contributed by atoms with Crippen molar-refractivity contribution in [2.75, 3.05) is 6.54 Å². The van der Waals surface area contributed by atoms with Gasteiger partial charge in [0.25, 0.3) is 0 Å². The van der Waals surface area contributed by atoms with Gasteiger partial charge in [0.15, 0.2) is 0 Å². The molecule has 0 bridgehead atoms. The molecule has 1 rings (SSSR count). The number of carbonyl (C=O) groups is 1. The van der Waals surface area contributed by atoms with Crippen molar-refractivity contribution in [3.63, 3.8) is 0 Å². The Kier molecular flexibility index (Phi) is 8.14. The first kappa shape index (κ1) is 13.1. The van der Waals surface area contributed by atoms with Crippen LogP contribution in [0.15, 0.2) is 25.3 Å². The smallest absolute Gasteiger partial charge is 0.149 e. The van der Waals surface area contributed by atoms with Gasteiger partial charge in [-0.2, -0.15) is 0 Å². The molecule has 1 atom stereocenters. The highest BCUT2D eigenvalue weighted by Crippen LogP contribution is 2.13. The predicted molar refractivity (Wildman–Crippen MR) is 61.3 cm³/mol. The lowest BCUT2D eigenvalue weighted by molar-refractivity contribution is -0.122. The Morgan fingerprint density at radius 2 is 2.07 bits per heavy atom. The molecule has 1 saturated carbocycles. The van der Waals surface area contributed by atoms with Crippen LogP contribution in [0.3, 0.4) is 0 Å². The number of allylic oxidation sites excluding steroid dienone is 2. The fourth-order valence-corrected chi connectivity index (χ4v) is 1.45. The lowest BCUT2D eigenvalue weighted by Gasteiger charge is -2.20. The highest BCUT2D eigenvalue weighted by molar-refractivity contribution is 5.84. The van der Waals surface area contributed by atoms with Crippen molar-refractivity contribution in [3.05, 3.63) is 25.3 Å². The maximum absolute atomic E-state index is 11.1. The van der Waals surface area contributed by atoms with Crippen molar-refractivity contribution in [1.82, 2.24) is 5.32 Å². The summed E-state index contributed by atoms with van der Waals surface area (Å²) in [5.74, 6) is 0.410. The molecule has 1 N–H and O–H groups in total. The second-order valence-corrected chi connectivity index (χ2v) is 3.29. The standard InChI is InChI=1S/C8H15NO.C4H6/c1-2-9-7-5-3-4-6-8(7)10;1-3-4-2/h7,9H,2-6H2,1H3;3-4H,1-2H2. The van der Waals surface area contributed by atoms with Crippen LogP contribution in [-0.4, -0.2) is 18.4 Å². The summed E-state index contributed by atoms with van der Waals surface area (Å²) >= 11 is 0. The monoisotopic (exact) mass is 195 g/mol. The van der Waals surface area contributed by atoms with Gasteiger partial charge in [0, 0.05) is 6.42 Å². The second kappa shape index (κ2) is 8.70. The van der Waals surface area contributed by atoms with Gasteiger partial charge in [0.05, 0.1) is 6.04 Å². The van der Waals surface area contributed by atoms with Gasteiger partial charge in [-0.25, -0.2) is 0 Å². The van der Waals surface area contributed by atoms with E-state index in [0.717, 1.165) is 25.8 Å². The molecule has 0 heterocycles. The molecule has 0 aromatic rings. The molecule has 0 spiro atoms. The van der Waals surface area contributed by atoms with E-state index in [2.05, 4.69) is 18.5 Å². The van der Waals surface area contributed by atoms with Crippen molar-refractivity contribution in [2.24, 2.45) is 0 Å². The fourth-order valence-electron chi connectivity index (χ4n) is 1.45. The Morgan fingerprint density at radius 3 is 2.50 bits per heavy atom. The molecule has 0 aromatic carbocycles. The van der Waals surface area contributed by atoms with Crippen LogP contribution in [0.4, 0.5) is 0 Å². The van der Waals surface area contributed by atoms with E-state index in [1.165, 1.54) is 6.42 Å². The number of nitrogens with one attached hydrogen (secondary N) is 1. The summed E-state index contributed by atoms with van der Waals surface area (Å²) in [6.07, 6.45) is 7.43. The lowest BCUT2D eigenvalue weighted by atomic mass is 9.94. The van der Waals surface area contributed by atoms with E-state index in [1.54, 1.807) is 12.2 Å². The van der Waals surface area contributed by atoms with Crippen molar-refractivity contribution >= 4 is 5.78 Å². The molecule has 2 heteroatoms. The van der Waals surface area contributed by atoms with Crippen LogP contribution in [0.25, 0.3) is 0 Å². The minimum atomic E-state index is 0.179. The molecular weight excluding hydrogens is 174 g/mol. The normalized spacial score (nSPS) is 20.6. The van der Waals surface area contributed by atoms with Crippen LogP contribution in [0.5, 0.6) is 0 Å². The highest BCUT2D eigenvalue weighted by Gasteiger charge is 2.20. The van der Waals surface area contributed by atoms with Crippen molar-refractivity contribution in [3.8, 4) is 0 Å². The van der Waals surface area contributed by atoms with Crippen LogP contribution in [0.2, 0.25) is 0 Å². The van der Waals surface area contributed by atoms with Gasteiger partial charge >= 0.3 is 0 Å². The molecule has 0 aromatic heterocycles. The summed E-state index contributed by atoms with van der Waals surface area (Å²) < 4.78 is 0. The number of likely N-dealkylation sites (N-methyl/N-ethyl adjacent to an activating group) is 1. The Labute approximate surface area is 87.1 Å². The number of hydrogen-bond acceptors (Lipinski definition) is 2. The Morgan fingerprint density at radius 1 is 1.43 bits per heavy atom. The molecule has 0 amide bonds. The van der Waals surface area contributed by atoms with E-state index in [-0.39, 0.29) is 6.04 Å². The molecule has 0 radical (unpaired) electrons. The molecule has 14 heavy (non-hydrogen) atoms. The average Bonchev–Trinajstić information content (AvgIpc) is 2.22. The van der Waals surface area contributed by atoms with Crippen molar-refractivity contribution in [1.29, 1.82) is 0 Å². The first-order valence-electron chi connectivity index (χ1n) is 5.25. The summed E-state index contributed by atoms with van der Waals surface area (Å²) in [5.41, 5.74) is 0. The summed E-state index contributed by atoms with van der Waals surface area (Å²) in [7, 11) is 0. The molecule has 80 valence electrons. The molecule has 2 nitrogen and oxygen atoms in total. The Hall–Kier alpha value is -0.890. The minimum Gasteiger partial charge on any atom is -0.308 e. The van der Waals surface area contributed by atoms with Crippen LogP contribution in [-0.2, 0) is 4.79 Å². The Bertz CT molecular complexity index is 179. The van der Waals surface area contributed by atoms with Gasteiger partial charge in [-0.1, -0.05) is 38.7 Å². The largest absolute Gasteiger partial charge is 0.308 e. The van der Waals surface area contributed by atoms with Crippen molar-refractivity contribution < 1.29 is 4.79 Å². The van der Waals surface area contributed by atoms with E-state index >= 15 is 0 Å². The third-order valence-electron chi connectivity index (χ3n) is 2.17. The number of Topliss-reactive ketones (excluding diaryl/α,β-unsaturated/α-hetero) is 1. The summed E-state index contributed by atoms with van der Waals surface area (Å²) in [6, 6.07) is 0.179. The number of hydrogen-bond donors (Lipinski definition) is 1. The van der Waals surface area contributed by atoms with Crippen LogP contribution < -0.4 is 5.32 Å². The molecule has 1 aliphatic carbocycles. The van der Waals surface area contributed by atoms with Gasteiger partial charge in [-0.15, -0.1) is 0 Å². The van der Waals surface area contributed by atoms with Gasteiger partial charge in [0.1, 0.15) is 5.78 Å². The summed E-state index contributed by atoms with van der Waals surface area (Å²) in [5, 5.41) is 3.18. The second-order valence-electron chi connectivity index (χ2n) is 3.29. The molecule has 0 saturated heterocycles. The van der Waals surface area contributed by atoms with Crippen LogP contribution in [0.1, 0.15) is 32.6 Å². The highest BCUT2D eigenvalue weighted by atomic mass is 16.1. The topological polar surface area (TPSA) is 29.1 Å². The first-order valence-corrected chi connectivity index (χ1v) is 5.25. The third-order valence-corrected chi connectivity index (χ3v) is 2.17. The van der Waals surface area contributed by atoms with E-state index < -0.39 is 0 Å². The zero-order valence-corrected chi connectivity index (χ0v) is 9.09.